The highest BCUT2D eigenvalue weighted by Gasteiger charge is 1.95. The molecule has 0 unspecified atom stereocenters. The second-order valence-corrected chi connectivity index (χ2v) is 2.52. The van der Waals surface area contributed by atoms with E-state index in [1.54, 1.807) is 0 Å². The Morgan fingerprint density at radius 3 is 3.00 bits per heavy atom. The first-order chi connectivity index (χ1) is 5.46. The van der Waals surface area contributed by atoms with E-state index in [4.69, 9.17) is 20.8 Å². The van der Waals surface area contributed by atoms with Crippen molar-refractivity contribution in [1.82, 2.24) is 0 Å². The summed E-state index contributed by atoms with van der Waals surface area (Å²) in [6.07, 6.45) is 0. The molecule has 0 heterocycles. The van der Waals surface area contributed by atoms with Crippen LogP contribution in [0, 0.1) is 0 Å². The number of hydrogen-bond donors (Lipinski definition) is 1. The summed E-state index contributed by atoms with van der Waals surface area (Å²) in [6.45, 7) is 0. The zero-order chi connectivity index (χ0) is 9.46. The minimum Gasteiger partial charge on any atom is -0.506 e. The molecule has 9 heavy (non-hydrogen) atoms. The van der Waals surface area contributed by atoms with Gasteiger partial charge in [-0.15, -0.1) is 0 Å². The lowest BCUT2D eigenvalue weighted by Gasteiger charge is -1.93. The van der Waals surface area contributed by atoms with Gasteiger partial charge in [-0.25, -0.2) is 0 Å². The van der Waals surface area contributed by atoms with Crippen molar-refractivity contribution in [3.05, 3.63) is 27.6 Å². The molecule has 3 heteroatoms. The Bertz CT molecular complexity index is 237. The first-order valence-electron chi connectivity index (χ1n) is 3.60. The molecule has 48 valence electrons. The van der Waals surface area contributed by atoms with Gasteiger partial charge in [-0.05, 0) is 18.1 Å². The standard InChI is InChI=1S/C6H4BrClO/c7-4-1-2-6(9)5(8)3-4/h1-3,9H/i1D,2D,3D. The lowest BCUT2D eigenvalue weighted by atomic mass is 10.3. The first kappa shape index (κ1) is 3.84. The summed E-state index contributed by atoms with van der Waals surface area (Å²) in [5.74, 6) is -0.519. The van der Waals surface area contributed by atoms with Gasteiger partial charge in [0.05, 0.1) is 9.13 Å². The maximum atomic E-state index is 9.11. The zero-order valence-electron chi connectivity index (χ0n) is 7.20. The van der Waals surface area contributed by atoms with Crippen LogP contribution in [0.1, 0.15) is 4.11 Å². The molecule has 0 saturated carbocycles. The average molecular weight is 210 g/mol. The molecule has 1 N–H and O–H groups in total. The van der Waals surface area contributed by atoms with E-state index in [9.17, 15) is 0 Å². The normalized spacial score (nSPS) is 14.2. The molecule has 0 aliphatic rings. The minimum atomic E-state index is -0.519. The zero-order valence-corrected chi connectivity index (χ0v) is 6.55. The molecule has 0 bridgehead atoms. The van der Waals surface area contributed by atoms with Crippen LogP contribution in [0.2, 0.25) is 5.02 Å². The van der Waals surface area contributed by atoms with Gasteiger partial charge in [0, 0.05) is 4.47 Å². The number of halogens is 2. The van der Waals surface area contributed by atoms with Crippen LogP contribution in [0.5, 0.6) is 5.75 Å². The van der Waals surface area contributed by atoms with Crippen LogP contribution in [-0.2, 0) is 0 Å². The summed E-state index contributed by atoms with van der Waals surface area (Å²) >= 11 is 8.41. The third-order valence-corrected chi connectivity index (χ3v) is 1.39. The van der Waals surface area contributed by atoms with E-state index in [1.807, 2.05) is 0 Å². The molecular formula is C6H4BrClO. The van der Waals surface area contributed by atoms with Crippen molar-refractivity contribution < 1.29 is 9.22 Å². The van der Waals surface area contributed by atoms with Crippen LogP contribution < -0.4 is 0 Å². The Balaban J connectivity index is 3.60. The van der Waals surface area contributed by atoms with Gasteiger partial charge < -0.3 is 5.11 Å². The molecule has 1 aromatic carbocycles. The molecular weight excluding hydrogens is 203 g/mol. The Hall–Kier alpha value is -0.210. The Kier molecular flexibility index (Phi) is 1.10. The highest BCUT2D eigenvalue weighted by Crippen LogP contribution is 2.25. The summed E-state index contributed by atoms with van der Waals surface area (Å²) in [5, 5.41) is 8.91. The topological polar surface area (TPSA) is 20.2 Å². The third-order valence-electron chi connectivity index (χ3n) is 0.718. The molecule has 0 atom stereocenters. The van der Waals surface area contributed by atoms with Gasteiger partial charge in [0.2, 0.25) is 0 Å². The molecule has 0 aliphatic carbocycles. The number of benzene rings is 1. The second-order valence-electron chi connectivity index (χ2n) is 1.35. The van der Waals surface area contributed by atoms with E-state index < -0.39 is 5.75 Å². The highest BCUT2D eigenvalue weighted by atomic mass is 79.9. The lowest BCUT2D eigenvalue weighted by Crippen LogP contribution is -1.66. The predicted molar refractivity (Wildman–Crippen MR) is 40.8 cm³/mol. The van der Waals surface area contributed by atoms with Crippen LogP contribution in [-0.4, -0.2) is 5.11 Å². The molecule has 0 amide bonds. The second kappa shape index (κ2) is 2.58. The molecule has 0 spiro atoms. The fourth-order valence-corrected chi connectivity index (χ4v) is 0.909. The maximum absolute atomic E-state index is 9.11. The van der Waals surface area contributed by atoms with E-state index >= 15 is 0 Å². The van der Waals surface area contributed by atoms with Crippen molar-refractivity contribution in [1.29, 1.82) is 0 Å². The molecule has 0 radical (unpaired) electrons. The summed E-state index contributed by atoms with van der Waals surface area (Å²) in [4.78, 5) is 0. The summed E-state index contributed by atoms with van der Waals surface area (Å²) in [6, 6.07) is -0.778. The van der Waals surface area contributed by atoms with E-state index in [-0.39, 0.29) is 27.6 Å². The number of phenols is 1. The Morgan fingerprint density at radius 2 is 2.33 bits per heavy atom. The largest absolute Gasteiger partial charge is 0.506 e. The van der Waals surface area contributed by atoms with E-state index in [1.165, 1.54) is 0 Å². The molecule has 0 saturated heterocycles. The number of phenolic OH excluding ortho intramolecular Hbond substituents is 1. The van der Waals surface area contributed by atoms with E-state index in [0.29, 0.717) is 0 Å². The SMILES string of the molecule is [2H]c1c([2H])c(Br)c([2H])c(Cl)c1O. The van der Waals surface area contributed by atoms with Crippen molar-refractivity contribution in [2.75, 3.05) is 0 Å². The predicted octanol–water partition coefficient (Wildman–Crippen LogP) is 2.81. The van der Waals surface area contributed by atoms with Crippen molar-refractivity contribution in [3.63, 3.8) is 0 Å². The summed E-state index contributed by atoms with van der Waals surface area (Å²) in [7, 11) is 0. The van der Waals surface area contributed by atoms with Crippen LogP contribution >= 0.6 is 27.5 Å². The van der Waals surface area contributed by atoms with Gasteiger partial charge in [-0.1, -0.05) is 27.5 Å². The third kappa shape index (κ3) is 1.60. The first-order valence-corrected chi connectivity index (χ1v) is 3.27. The van der Waals surface area contributed by atoms with Gasteiger partial charge in [-0.2, -0.15) is 0 Å². The van der Waals surface area contributed by atoms with Gasteiger partial charge >= 0.3 is 0 Å². The monoisotopic (exact) mass is 209 g/mol. The van der Waals surface area contributed by atoms with Gasteiger partial charge in [-0.3, -0.25) is 0 Å². The maximum Gasteiger partial charge on any atom is 0.134 e. The van der Waals surface area contributed by atoms with Crippen LogP contribution in [0.3, 0.4) is 0 Å². The number of hydrogen-bond acceptors (Lipinski definition) is 1. The fourth-order valence-electron chi connectivity index (χ4n) is 0.356. The van der Waals surface area contributed by atoms with Crippen molar-refractivity contribution in [2.24, 2.45) is 0 Å². The summed E-state index contributed by atoms with van der Waals surface area (Å²) < 4.78 is 21.8. The van der Waals surface area contributed by atoms with Gasteiger partial charge in [0.15, 0.2) is 0 Å². The molecule has 0 aliphatic heterocycles. The number of aromatic hydroxyl groups is 1. The van der Waals surface area contributed by atoms with E-state index in [0.717, 1.165) is 0 Å². The van der Waals surface area contributed by atoms with Gasteiger partial charge in [0.1, 0.15) is 5.75 Å². The minimum absolute atomic E-state index is 0.121. The molecule has 1 rings (SSSR count). The van der Waals surface area contributed by atoms with Crippen molar-refractivity contribution >= 4 is 27.5 Å². The molecule has 0 fully saturated rings. The smallest absolute Gasteiger partial charge is 0.134 e. The molecule has 1 aromatic rings. The number of rotatable bonds is 0. The van der Waals surface area contributed by atoms with Crippen molar-refractivity contribution in [2.45, 2.75) is 0 Å². The van der Waals surface area contributed by atoms with Crippen LogP contribution in [0.25, 0.3) is 0 Å². The quantitative estimate of drug-likeness (QED) is 0.698. The average Bonchev–Trinajstić information content (AvgIpc) is 2.08. The van der Waals surface area contributed by atoms with Crippen LogP contribution in [0.15, 0.2) is 22.6 Å². The highest BCUT2D eigenvalue weighted by molar-refractivity contribution is 9.10. The lowest BCUT2D eigenvalue weighted by molar-refractivity contribution is 0.475. The fraction of sp³-hybridized carbons (Fsp3) is 0. The van der Waals surface area contributed by atoms with Crippen LogP contribution in [0.4, 0.5) is 0 Å². The van der Waals surface area contributed by atoms with E-state index in [2.05, 4.69) is 15.9 Å². The molecule has 1 nitrogen and oxygen atoms in total. The summed E-state index contributed by atoms with van der Waals surface area (Å²) in [5.41, 5.74) is 0. The molecule has 0 aromatic heterocycles. The van der Waals surface area contributed by atoms with Crippen molar-refractivity contribution in [3.8, 4) is 5.75 Å². The Labute approximate surface area is 70.6 Å². The Morgan fingerprint density at radius 1 is 1.67 bits per heavy atom. The van der Waals surface area contributed by atoms with Gasteiger partial charge in [0.25, 0.3) is 0 Å².